The van der Waals surface area contributed by atoms with Gasteiger partial charge in [0.05, 0.1) is 13.8 Å². The van der Waals surface area contributed by atoms with E-state index >= 15 is 0 Å². The van der Waals surface area contributed by atoms with Gasteiger partial charge in [0.1, 0.15) is 0 Å². The molecule has 0 N–H and O–H groups in total. The summed E-state index contributed by atoms with van der Waals surface area (Å²) in [5, 5.41) is 1.51. The minimum atomic E-state index is -1.59. The summed E-state index contributed by atoms with van der Waals surface area (Å²) in [7, 11) is -1.59. The van der Waals surface area contributed by atoms with Crippen molar-refractivity contribution >= 4 is 13.3 Å². The van der Waals surface area contributed by atoms with E-state index in [0.29, 0.717) is 0 Å². The molecule has 118 valence electrons. The van der Waals surface area contributed by atoms with E-state index in [1.165, 1.54) is 10.8 Å². The summed E-state index contributed by atoms with van der Waals surface area (Å²) in [6.45, 7) is 14.4. The van der Waals surface area contributed by atoms with Crippen LogP contribution in [0.5, 0.6) is 0 Å². The summed E-state index contributed by atoms with van der Waals surface area (Å²) in [6.07, 6.45) is 2.16. The molecule has 0 amide bonds. The molecule has 0 bridgehead atoms. The van der Waals surface area contributed by atoms with Crippen LogP contribution in [-0.2, 0) is 0 Å². The van der Waals surface area contributed by atoms with Crippen LogP contribution >= 0.6 is 0 Å². The third kappa shape index (κ3) is 2.89. The lowest BCUT2D eigenvalue weighted by atomic mass is 10.1. The highest BCUT2D eigenvalue weighted by Gasteiger charge is 2.44. The highest BCUT2D eigenvalue weighted by atomic mass is 28.3. The van der Waals surface area contributed by atoms with Gasteiger partial charge >= 0.3 is 0 Å². The zero-order valence-corrected chi connectivity index (χ0v) is 15.8. The quantitative estimate of drug-likeness (QED) is 0.652. The maximum absolute atomic E-state index is 4.80. The van der Waals surface area contributed by atoms with Gasteiger partial charge in [-0.2, -0.15) is 0 Å². The number of pyridine rings is 1. The first kappa shape index (κ1) is 16.9. The average molecular weight is 312 g/mol. The first-order valence-corrected chi connectivity index (χ1v) is 10.7. The van der Waals surface area contributed by atoms with Crippen LogP contribution < -0.4 is 5.19 Å². The topological polar surface area (TPSA) is 12.9 Å². The number of nitrogens with zero attached hydrogens (tertiary/aromatic N) is 1. The van der Waals surface area contributed by atoms with Gasteiger partial charge in [-0.05, 0) is 27.9 Å². The standard InChI is InChI=1S/C20H29NSi/c1-15(2)22(16(3)4,17(5)6)19-12-13-20(21-14-19)18-10-8-7-9-11-18/h7-17H,1-6H3. The molecule has 2 aromatic rings. The number of hydrogen-bond acceptors (Lipinski definition) is 1. The van der Waals surface area contributed by atoms with E-state index in [9.17, 15) is 0 Å². The monoisotopic (exact) mass is 311 g/mol. The molecule has 2 rings (SSSR count). The lowest BCUT2D eigenvalue weighted by molar-refractivity contribution is 0.834. The maximum Gasteiger partial charge on any atom is 0.0962 e. The summed E-state index contributed by atoms with van der Waals surface area (Å²) in [5.74, 6) is 0. The fourth-order valence-electron chi connectivity index (χ4n) is 4.43. The molecule has 0 radical (unpaired) electrons. The SMILES string of the molecule is CC(C)[Si](c1ccc(-c2ccccc2)nc1)(C(C)C)C(C)C. The molecule has 1 aromatic carbocycles. The number of rotatable bonds is 5. The van der Waals surface area contributed by atoms with Crippen molar-refractivity contribution in [1.82, 2.24) is 4.98 Å². The molecule has 0 atom stereocenters. The van der Waals surface area contributed by atoms with Crippen LogP contribution in [0.25, 0.3) is 11.3 Å². The molecule has 0 fully saturated rings. The molecule has 0 saturated carbocycles. The first-order chi connectivity index (χ1) is 10.4. The Morgan fingerprint density at radius 1 is 0.727 bits per heavy atom. The van der Waals surface area contributed by atoms with Crippen LogP contribution in [-0.4, -0.2) is 13.1 Å². The summed E-state index contributed by atoms with van der Waals surface area (Å²) in [4.78, 5) is 4.80. The highest BCUT2D eigenvalue weighted by Crippen LogP contribution is 2.40. The molecular formula is C20H29NSi. The Morgan fingerprint density at radius 3 is 1.68 bits per heavy atom. The van der Waals surface area contributed by atoms with Gasteiger partial charge in [0.15, 0.2) is 0 Å². The van der Waals surface area contributed by atoms with E-state index in [2.05, 4.69) is 84.1 Å². The van der Waals surface area contributed by atoms with Crippen molar-refractivity contribution in [1.29, 1.82) is 0 Å². The van der Waals surface area contributed by atoms with E-state index in [0.717, 1.165) is 22.3 Å². The van der Waals surface area contributed by atoms with Crippen LogP contribution in [0.3, 0.4) is 0 Å². The average Bonchev–Trinajstić information content (AvgIpc) is 2.48. The first-order valence-electron chi connectivity index (χ1n) is 8.42. The third-order valence-electron chi connectivity index (χ3n) is 5.20. The van der Waals surface area contributed by atoms with Crippen molar-refractivity contribution in [3.05, 3.63) is 48.7 Å². The predicted octanol–water partition coefficient (Wildman–Crippen LogP) is 5.63. The molecule has 0 unspecified atom stereocenters. The van der Waals surface area contributed by atoms with E-state index in [-0.39, 0.29) is 0 Å². The van der Waals surface area contributed by atoms with Crippen LogP contribution in [0.1, 0.15) is 41.5 Å². The van der Waals surface area contributed by atoms with Gasteiger partial charge in [-0.3, -0.25) is 4.98 Å². The van der Waals surface area contributed by atoms with Crippen molar-refractivity contribution in [3.8, 4) is 11.3 Å². The van der Waals surface area contributed by atoms with Crippen LogP contribution in [0, 0.1) is 0 Å². The smallest absolute Gasteiger partial charge is 0.0962 e. The van der Waals surface area contributed by atoms with Gasteiger partial charge in [-0.25, -0.2) is 0 Å². The van der Waals surface area contributed by atoms with Crippen molar-refractivity contribution in [3.63, 3.8) is 0 Å². The zero-order chi connectivity index (χ0) is 16.3. The van der Waals surface area contributed by atoms with E-state index < -0.39 is 8.07 Å². The van der Waals surface area contributed by atoms with Gasteiger partial charge in [0.25, 0.3) is 0 Å². The second-order valence-electron chi connectivity index (χ2n) is 7.20. The largest absolute Gasteiger partial charge is 0.256 e. The molecular weight excluding hydrogens is 282 g/mol. The second-order valence-corrected chi connectivity index (χ2v) is 13.1. The number of hydrogen-bond donors (Lipinski definition) is 0. The Balaban J connectivity index is 2.47. The number of benzene rings is 1. The van der Waals surface area contributed by atoms with Gasteiger partial charge in [-0.1, -0.05) is 77.9 Å². The van der Waals surface area contributed by atoms with Gasteiger partial charge in [0, 0.05) is 11.8 Å². The summed E-state index contributed by atoms with van der Waals surface area (Å²) in [6, 6.07) is 15.0. The fraction of sp³-hybridized carbons (Fsp3) is 0.450. The van der Waals surface area contributed by atoms with Crippen LogP contribution in [0.4, 0.5) is 0 Å². The summed E-state index contributed by atoms with van der Waals surface area (Å²) < 4.78 is 0. The zero-order valence-electron chi connectivity index (χ0n) is 14.8. The molecule has 0 aliphatic rings. The van der Waals surface area contributed by atoms with Gasteiger partial charge in [0.2, 0.25) is 0 Å². The highest BCUT2D eigenvalue weighted by molar-refractivity contribution is 6.94. The Labute approximate surface area is 136 Å². The maximum atomic E-state index is 4.80. The molecule has 0 spiro atoms. The summed E-state index contributed by atoms with van der Waals surface area (Å²) in [5.41, 5.74) is 4.43. The van der Waals surface area contributed by atoms with Crippen molar-refractivity contribution < 1.29 is 0 Å². The Hall–Kier alpha value is -1.41. The third-order valence-corrected chi connectivity index (χ3v) is 12.2. The van der Waals surface area contributed by atoms with Crippen LogP contribution in [0.2, 0.25) is 16.6 Å². The molecule has 1 aromatic heterocycles. The van der Waals surface area contributed by atoms with Crippen molar-refractivity contribution in [2.24, 2.45) is 0 Å². The predicted molar refractivity (Wildman–Crippen MR) is 100 cm³/mol. The molecule has 22 heavy (non-hydrogen) atoms. The summed E-state index contributed by atoms with van der Waals surface area (Å²) >= 11 is 0. The Morgan fingerprint density at radius 2 is 1.27 bits per heavy atom. The molecule has 0 saturated heterocycles. The van der Waals surface area contributed by atoms with Crippen LogP contribution in [0.15, 0.2) is 48.7 Å². The molecule has 1 heterocycles. The fourth-order valence-corrected chi connectivity index (χ4v) is 11.1. The molecule has 0 aliphatic heterocycles. The number of aromatic nitrogens is 1. The normalized spacial score (nSPS) is 12.4. The van der Waals surface area contributed by atoms with Gasteiger partial charge < -0.3 is 0 Å². The second kappa shape index (κ2) is 6.78. The molecule has 0 aliphatic carbocycles. The Kier molecular flexibility index (Phi) is 5.22. The van der Waals surface area contributed by atoms with E-state index in [1.54, 1.807) is 0 Å². The minimum Gasteiger partial charge on any atom is -0.256 e. The lowest BCUT2D eigenvalue weighted by Gasteiger charge is -2.43. The van der Waals surface area contributed by atoms with Crippen molar-refractivity contribution in [2.45, 2.75) is 58.2 Å². The molecule has 2 heteroatoms. The molecule has 1 nitrogen and oxygen atoms in total. The van der Waals surface area contributed by atoms with E-state index in [1.807, 2.05) is 6.07 Å². The lowest BCUT2D eigenvalue weighted by Crippen LogP contribution is -2.55. The van der Waals surface area contributed by atoms with Crippen molar-refractivity contribution in [2.75, 3.05) is 0 Å². The van der Waals surface area contributed by atoms with E-state index in [4.69, 9.17) is 4.98 Å². The Bertz CT molecular complexity index is 563. The minimum absolute atomic E-state index is 0.719. The van der Waals surface area contributed by atoms with Gasteiger partial charge in [-0.15, -0.1) is 0 Å².